The van der Waals surface area contributed by atoms with E-state index in [0.717, 1.165) is 0 Å². The number of ether oxygens (including phenoxy) is 2. The summed E-state index contributed by atoms with van der Waals surface area (Å²) >= 11 is 0. The summed E-state index contributed by atoms with van der Waals surface area (Å²) in [6.07, 6.45) is -0.0481. The lowest BCUT2D eigenvalue weighted by Crippen LogP contribution is -2.34. The molecule has 2 aromatic rings. The van der Waals surface area contributed by atoms with E-state index in [-0.39, 0.29) is 11.8 Å². The molecule has 0 radical (unpaired) electrons. The van der Waals surface area contributed by atoms with Gasteiger partial charge in [-0.2, -0.15) is 4.98 Å². The average molecular weight is 279 g/mol. The highest BCUT2D eigenvalue weighted by atomic mass is 16.6. The fourth-order valence-electron chi connectivity index (χ4n) is 1.96. The molecule has 1 unspecified atom stereocenters. The third-order valence-corrected chi connectivity index (χ3v) is 2.95. The van der Waals surface area contributed by atoms with Gasteiger partial charge in [0.1, 0.15) is 5.52 Å². The highest BCUT2D eigenvalue weighted by molar-refractivity contribution is 5.77. The zero-order valence-electron chi connectivity index (χ0n) is 10.6. The van der Waals surface area contributed by atoms with Crippen LogP contribution in [0.1, 0.15) is 0 Å². The molecule has 1 saturated heterocycles. The van der Waals surface area contributed by atoms with Crippen LogP contribution >= 0.6 is 0 Å². The minimum Gasteiger partial charge on any atom is -0.424 e. The molecular weight excluding hydrogens is 266 g/mol. The minimum absolute atomic E-state index is 0.0126. The summed E-state index contributed by atoms with van der Waals surface area (Å²) < 4.78 is 16.2. The SMILES string of the molecule is O=[N+]([O-])c1ccc2oc(NCC3COCCO3)nc2c1. The van der Waals surface area contributed by atoms with Crippen LogP contribution in [-0.2, 0) is 9.47 Å². The van der Waals surface area contributed by atoms with Crippen LogP contribution in [0, 0.1) is 10.1 Å². The first-order chi connectivity index (χ1) is 9.72. The van der Waals surface area contributed by atoms with Gasteiger partial charge in [0, 0.05) is 18.7 Å². The van der Waals surface area contributed by atoms with E-state index < -0.39 is 4.92 Å². The molecule has 1 N–H and O–H groups in total. The molecule has 106 valence electrons. The molecule has 1 aliphatic rings. The van der Waals surface area contributed by atoms with Crippen LogP contribution in [0.5, 0.6) is 0 Å². The van der Waals surface area contributed by atoms with Gasteiger partial charge in [-0.1, -0.05) is 0 Å². The Balaban J connectivity index is 1.70. The molecule has 1 fully saturated rings. The van der Waals surface area contributed by atoms with Crippen LogP contribution in [0.3, 0.4) is 0 Å². The predicted octanol–water partition coefficient (Wildman–Crippen LogP) is 1.56. The molecule has 20 heavy (non-hydrogen) atoms. The number of nitrogens with one attached hydrogen (secondary N) is 1. The highest BCUT2D eigenvalue weighted by Gasteiger charge is 2.16. The monoisotopic (exact) mass is 279 g/mol. The number of nitro groups is 1. The molecule has 3 rings (SSSR count). The van der Waals surface area contributed by atoms with Crippen LogP contribution in [0.25, 0.3) is 11.1 Å². The Morgan fingerprint density at radius 3 is 3.10 bits per heavy atom. The lowest BCUT2D eigenvalue weighted by atomic mass is 10.3. The van der Waals surface area contributed by atoms with Crippen LogP contribution in [0.15, 0.2) is 22.6 Å². The number of fused-ring (bicyclic) bond motifs is 1. The zero-order chi connectivity index (χ0) is 13.9. The van der Waals surface area contributed by atoms with E-state index in [2.05, 4.69) is 10.3 Å². The number of nitro benzene ring substituents is 1. The van der Waals surface area contributed by atoms with Crippen molar-refractivity contribution < 1.29 is 18.8 Å². The number of oxazole rings is 1. The average Bonchev–Trinajstić information content (AvgIpc) is 2.88. The van der Waals surface area contributed by atoms with Gasteiger partial charge in [-0.15, -0.1) is 0 Å². The highest BCUT2D eigenvalue weighted by Crippen LogP contribution is 2.23. The maximum absolute atomic E-state index is 10.7. The lowest BCUT2D eigenvalue weighted by Gasteiger charge is -2.22. The van der Waals surface area contributed by atoms with Crippen molar-refractivity contribution in [3.05, 3.63) is 28.3 Å². The molecule has 8 heteroatoms. The van der Waals surface area contributed by atoms with E-state index in [1.807, 2.05) is 0 Å². The van der Waals surface area contributed by atoms with Crippen LogP contribution in [0.4, 0.5) is 11.7 Å². The van der Waals surface area contributed by atoms with Crippen molar-refractivity contribution in [2.45, 2.75) is 6.10 Å². The van der Waals surface area contributed by atoms with Crippen LogP contribution < -0.4 is 5.32 Å². The predicted molar refractivity (Wildman–Crippen MR) is 69.7 cm³/mol. The number of rotatable bonds is 4. The molecule has 0 saturated carbocycles. The summed E-state index contributed by atoms with van der Waals surface area (Å²) in [6.45, 7) is 2.22. The molecule has 0 amide bonds. The molecule has 2 heterocycles. The quantitative estimate of drug-likeness (QED) is 0.669. The van der Waals surface area contributed by atoms with E-state index in [4.69, 9.17) is 13.9 Å². The fourth-order valence-corrected chi connectivity index (χ4v) is 1.96. The van der Waals surface area contributed by atoms with Crippen molar-refractivity contribution in [3.8, 4) is 0 Å². The summed E-state index contributed by atoms with van der Waals surface area (Å²) in [6, 6.07) is 4.61. The van der Waals surface area contributed by atoms with Crippen molar-refractivity contribution in [3.63, 3.8) is 0 Å². The number of anilines is 1. The van der Waals surface area contributed by atoms with Crippen molar-refractivity contribution in [2.75, 3.05) is 31.7 Å². The topological polar surface area (TPSA) is 99.7 Å². The Labute approximate surface area is 113 Å². The van der Waals surface area contributed by atoms with Gasteiger partial charge in [0.15, 0.2) is 5.58 Å². The lowest BCUT2D eigenvalue weighted by molar-refractivity contribution is -0.384. The Morgan fingerprint density at radius 2 is 2.35 bits per heavy atom. The zero-order valence-corrected chi connectivity index (χ0v) is 10.6. The molecular formula is C12H13N3O5. The van der Waals surface area contributed by atoms with Gasteiger partial charge in [-0.05, 0) is 6.07 Å². The normalized spacial score (nSPS) is 19.1. The van der Waals surface area contributed by atoms with Gasteiger partial charge in [0.25, 0.3) is 11.7 Å². The Hall–Kier alpha value is -2.19. The third-order valence-electron chi connectivity index (χ3n) is 2.95. The van der Waals surface area contributed by atoms with Crippen molar-refractivity contribution in [2.24, 2.45) is 0 Å². The van der Waals surface area contributed by atoms with Gasteiger partial charge >= 0.3 is 0 Å². The molecule has 8 nitrogen and oxygen atoms in total. The van der Waals surface area contributed by atoms with Crippen molar-refractivity contribution in [1.82, 2.24) is 4.98 Å². The second-order valence-corrected chi connectivity index (χ2v) is 4.38. The largest absolute Gasteiger partial charge is 0.424 e. The standard InChI is InChI=1S/C12H13N3O5/c16-15(17)8-1-2-11-10(5-8)14-12(20-11)13-6-9-7-18-3-4-19-9/h1-2,5,9H,3-4,6-7H2,(H,13,14). The fraction of sp³-hybridized carbons (Fsp3) is 0.417. The number of benzene rings is 1. The number of hydrogen-bond acceptors (Lipinski definition) is 7. The number of hydrogen-bond donors (Lipinski definition) is 1. The second kappa shape index (κ2) is 5.43. The van der Waals surface area contributed by atoms with Gasteiger partial charge in [0.05, 0.1) is 30.8 Å². The number of aromatic nitrogens is 1. The Morgan fingerprint density at radius 1 is 1.45 bits per heavy atom. The maximum atomic E-state index is 10.7. The molecule has 1 aromatic carbocycles. The van der Waals surface area contributed by atoms with Crippen LogP contribution in [0.2, 0.25) is 0 Å². The summed E-state index contributed by atoms with van der Waals surface area (Å²) in [5, 5.41) is 13.7. The molecule has 1 atom stereocenters. The summed E-state index contributed by atoms with van der Waals surface area (Å²) in [7, 11) is 0. The summed E-state index contributed by atoms with van der Waals surface area (Å²) in [5.41, 5.74) is 0.933. The molecule has 1 aliphatic heterocycles. The first-order valence-corrected chi connectivity index (χ1v) is 6.20. The second-order valence-electron chi connectivity index (χ2n) is 4.38. The minimum atomic E-state index is -0.464. The smallest absolute Gasteiger partial charge is 0.295 e. The first-order valence-electron chi connectivity index (χ1n) is 6.20. The molecule has 0 spiro atoms. The summed E-state index contributed by atoms with van der Waals surface area (Å²) in [4.78, 5) is 14.4. The van der Waals surface area contributed by atoms with E-state index in [0.29, 0.717) is 43.5 Å². The number of non-ortho nitro benzene ring substituents is 1. The van der Waals surface area contributed by atoms with Gasteiger partial charge in [-0.3, -0.25) is 10.1 Å². The Kier molecular flexibility index (Phi) is 3.48. The molecule has 0 aliphatic carbocycles. The van der Waals surface area contributed by atoms with Gasteiger partial charge in [-0.25, -0.2) is 0 Å². The van der Waals surface area contributed by atoms with Gasteiger partial charge < -0.3 is 19.2 Å². The van der Waals surface area contributed by atoms with Crippen LogP contribution in [-0.4, -0.2) is 42.4 Å². The first kappa shape index (κ1) is 12.8. The Bertz CT molecular complexity index is 621. The van der Waals surface area contributed by atoms with Crippen molar-refractivity contribution in [1.29, 1.82) is 0 Å². The maximum Gasteiger partial charge on any atom is 0.295 e. The van der Waals surface area contributed by atoms with E-state index in [9.17, 15) is 10.1 Å². The molecule has 1 aromatic heterocycles. The van der Waals surface area contributed by atoms with E-state index in [1.54, 1.807) is 0 Å². The van der Waals surface area contributed by atoms with E-state index >= 15 is 0 Å². The van der Waals surface area contributed by atoms with Crippen molar-refractivity contribution >= 4 is 22.8 Å². The summed E-state index contributed by atoms with van der Waals surface area (Å²) in [5.74, 6) is 0. The number of nitrogens with zero attached hydrogens (tertiary/aromatic N) is 2. The molecule has 0 bridgehead atoms. The van der Waals surface area contributed by atoms with Gasteiger partial charge in [0.2, 0.25) is 0 Å². The van der Waals surface area contributed by atoms with E-state index in [1.165, 1.54) is 18.2 Å². The third kappa shape index (κ3) is 2.70.